The zero-order valence-electron chi connectivity index (χ0n) is 8.05. The first kappa shape index (κ1) is 9.56. The summed E-state index contributed by atoms with van der Waals surface area (Å²) in [5.74, 6) is 1.20. The minimum Gasteiger partial charge on any atom is -0.369 e. The van der Waals surface area contributed by atoms with E-state index in [2.05, 4.69) is 13.8 Å². The molecule has 0 aliphatic heterocycles. The lowest BCUT2D eigenvalue weighted by Crippen LogP contribution is -2.34. The largest absolute Gasteiger partial charge is 0.369 e. The van der Waals surface area contributed by atoms with Crippen molar-refractivity contribution in [2.75, 3.05) is 0 Å². The third-order valence-electron chi connectivity index (χ3n) is 3.04. The second-order valence-electron chi connectivity index (χ2n) is 4.20. The summed E-state index contributed by atoms with van der Waals surface area (Å²) in [4.78, 5) is 11.1. The zero-order chi connectivity index (χ0) is 9.14. The Kier molecular flexibility index (Phi) is 3.12. The van der Waals surface area contributed by atoms with Gasteiger partial charge in [-0.3, -0.25) is 4.79 Å². The lowest BCUT2D eigenvalue weighted by molar-refractivity contribution is -0.125. The summed E-state index contributed by atoms with van der Waals surface area (Å²) in [6.07, 6.45) is 4.65. The highest BCUT2D eigenvalue weighted by atomic mass is 16.1. The van der Waals surface area contributed by atoms with E-state index >= 15 is 0 Å². The van der Waals surface area contributed by atoms with Gasteiger partial charge in [0.25, 0.3) is 0 Å². The van der Waals surface area contributed by atoms with E-state index in [-0.39, 0.29) is 11.8 Å². The molecule has 1 rings (SSSR count). The van der Waals surface area contributed by atoms with Gasteiger partial charge in [-0.2, -0.15) is 0 Å². The van der Waals surface area contributed by atoms with Crippen molar-refractivity contribution in [2.45, 2.75) is 39.5 Å². The Morgan fingerprint density at radius 3 is 2.33 bits per heavy atom. The normalized spacial score (nSPS) is 30.6. The van der Waals surface area contributed by atoms with Gasteiger partial charge in [-0.05, 0) is 24.7 Å². The topological polar surface area (TPSA) is 43.1 Å². The summed E-state index contributed by atoms with van der Waals surface area (Å²) in [5, 5.41) is 0. The molecule has 2 N–H and O–H groups in total. The highest BCUT2D eigenvalue weighted by Gasteiger charge is 2.30. The van der Waals surface area contributed by atoms with Crippen molar-refractivity contribution in [1.82, 2.24) is 0 Å². The minimum atomic E-state index is -0.0894. The van der Waals surface area contributed by atoms with Crippen LogP contribution in [0.3, 0.4) is 0 Å². The van der Waals surface area contributed by atoms with Crippen molar-refractivity contribution in [3.63, 3.8) is 0 Å². The highest BCUT2D eigenvalue weighted by molar-refractivity contribution is 5.77. The number of primary amides is 1. The fourth-order valence-electron chi connectivity index (χ4n) is 2.31. The van der Waals surface area contributed by atoms with Crippen LogP contribution in [0.1, 0.15) is 39.5 Å². The smallest absolute Gasteiger partial charge is 0.220 e. The molecule has 1 aliphatic rings. The van der Waals surface area contributed by atoms with E-state index in [0.717, 1.165) is 6.42 Å². The Hall–Kier alpha value is -0.530. The summed E-state index contributed by atoms with van der Waals surface area (Å²) in [6, 6.07) is 0. The Morgan fingerprint density at radius 2 is 1.92 bits per heavy atom. The van der Waals surface area contributed by atoms with E-state index in [1.807, 2.05) is 0 Å². The predicted molar refractivity (Wildman–Crippen MR) is 49.5 cm³/mol. The second kappa shape index (κ2) is 3.92. The molecule has 0 aromatic rings. The average Bonchev–Trinajstić information content (AvgIpc) is 2.04. The molecule has 2 unspecified atom stereocenters. The van der Waals surface area contributed by atoms with Crippen LogP contribution in [-0.2, 0) is 4.79 Å². The average molecular weight is 169 g/mol. The number of amides is 1. The summed E-state index contributed by atoms with van der Waals surface area (Å²) >= 11 is 0. The van der Waals surface area contributed by atoms with Crippen LogP contribution in [0.5, 0.6) is 0 Å². The van der Waals surface area contributed by atoms with Crippen molar-refractivity contribution < 1.29 is 4.79 Å². The standard InChI is InChI=1S/C10H19NO/c1-7(2)8-5-3-4-6-9(8)10(11)12/h7-9H,3-6H2,1-2H3,(H2,11,12). The van der Waals surface area contributed by atoms with Gasteiger partial charge in [0.05, 0.1) is 0 Å². The number of hydrogen-bond acceptors (Lipinski definition) is 1. The van der Waals surface area contributed by atoms with E-state index < -0.39 is 0 Å². The van der Waals surface area contributed by atoms with E-state index in [1.54, 1.807) is 0 Å². The molecule has 2 atom stereocenters. The summed E-state index contributed by atoms with van der Waals surface area (Å²) in [5.41, 5.74) is 5.36. The van der Waals surface area contributed by atoms with E-state index in [4.69, 9.17) is 5.73 Å². The fraction of sp³-hybridized carbons (Fsp3) is 0.900. The molecule has 0 spiro atoms. The van der Waals surface area contributed by atoms with Gasteiger partial charge in [0.1, 0.15) is 0 Å². The van der Waals surface area contributed by atoms with Crippen LogP contribution in [0.25, 0.3) is 0 Å². The first-order chi connectivity index (χ1) is 5.63. The van der Waals surface area contributed by atoms with Crippen molar-refractivity contribution >= 4 is 5.91 Å². The molecule has 70 valence electrons. The molecule has 2 heteroatoms. The Balaban J connectivity index is 2.60. The van der Waals surface area contributed by atoms with Gasteiger partial charge in [-0.1, -0.05) is 26.7 Å². The molecule has 0 aromatic carbocycles. The summed E-state index contributed by atoms with van der Waals surface area (Å²) in [7, 11) is 0. The lowest BCUT2D eigenvalue weighted by Gasteiger charge is -2.32. The number of carbonyl (C=O) groups is 1. The van der Waals surface area contributed by atoms with E-state index in [9.17, 15) is 4.79 Å². The Labute approximate surface area is 74.5 Å². The molecule has 1 aliphatic carbocycles. The molecule has 0 saturated heterocycles. The minimum absolute atomic E-state index is 0.0894. The second-order valence-corrected chi connectivity index (χ2v) is 4.20. The molecule has 0 aromatic heterocycles. The predicted octanol–water partition coefficient (Wildman–Crippen LogP) is 1.93. The number of nitrogens with two attached hydrogens (primary N) is 1. The lowest BCUT2D eigenvalue weighted by atomic mass is 9.73. The van der Waals surface area contributed by atoms with Gasteiger partial charge in [0.2, 0.25) is 5.91 Å². The van der Waals surface area contributed by atoms with Gasteiger partial charge in [-0.25, -0.2) is 0 Å². The summed E-state index contributed by atoms with van der Waals surface area (Å²) < 4.78 is 0. The number of carbonyl (C=O) groups excluding carboxylic acids is 1. The summed E-state index contributed by atoms with van der Waals surface area (Å²) in [6.45, 7) is 4.37. The molecule has 1 amide bonds. The quantitative estimate of drug-likeness (QED) is 0.674. The van der Waals surface area contributed by atoms with Crippen LogP contribution in [0, 0.1) is 17.8 Å². The van der Waals surface area contributed by atoms with Crippen molar-refractivity contribution in [1.29, 1.82) is 0 Å². The number of rotatable bonds is 2. The molecular weight excluding hydrogens is 150 g/mol. The SMILES string of the molecule is CC(C)C1CCCCC1C(N)=O. The maximum atomic E-state index is 11.1. The van der Waals surface area contributed by atoms with Gasteiger partial charge in [-0.15, -0.1) is 0 Å². The van der Waals surface area contributed by atoms with Crippen LogP contribution in [0.15, 0.2) is 0 Å². The first-order valence-corrected chi connectivity index (χ1v) is 4.92. The maximum absolute atomic E-state index is 11.1. The molecule has 0 bridgehead atoms. The number of hydrogen-bond donors (Lipinski definition) is 1. The van der Waals surface area contributed by atoms with E-state index in [1.165, 1.54) is 19.3 Å². The van der Waals surface area contributed by atoms with Crippen LogP contribution in [0.2, 0.25) is 0 Å². The van der Waals surface area contributed by atoms with Crippen LogP contribution in [-0.4, -0.2) is 5.91 Å². The Bertz CT molecular complexity index is 165. The molecular formula is C10H19NO. The molecule has 12 heavy (non-hydrogen) atoms. The van der Waals surface area contributed by atoms with Crippen molar-refractivity contribution in [3.8, 4) is 0 Å². The van der Waals surface area contributed by atoms with Crippen LogP contribution in [0.4, 0.5) is 0 Å². The molecule has 1 saturated carbocycles. The van der Waals surface area contributed by atoms with E-state index in [0.29, 0.717) is 11.8 Å². The van der Waals surface area contributed by atoms with Crippen molar-refractivity contribution in [2.24, 2.45) is 23.5 Å². The third kappa shape index (κ3) is 1.99. The first-order valence-electron chi connectivity index (χ1n) is 4.92. The highest BCUT2D eigenvalue weighted by Crippen LogP contribution is 2.34. The molecule has 2 nitrogen and oxygen atoms in total. The van der Waals surface area contributed by atoms with Gasteiger partial charge in [0.15, 0.2) is 0 Å². The molecule has 1 fully saturated rings. The maximum Gasteiger partial charge on any atom is 0.220 e. The van der Waals surface area contributed by atoms with Gasteiger partial charge in [0, 0.05) is 5.92 Å². The molecule has 0 heterocycles. The monoisotopic (exact) mass is 169 g/mol. The van der Waals surface area contributed by atoms with Gasteiger partial charge < -0.3 is 5.73 Å². The Morgan fingerprint density at radius 1 is 1.33 bits per heavy atom. The third-order valence-corrected chi connectivity index (χ3v) is 3.04. The fourth-order valence-corrected chi connectivity index (χ4v) is 2.31. The van der Waals surface area contributed by atoms with Crippen molar-refractivity contribution in [3.05, 3.63) is 0 Å². The molecule has 0 radical (unpaired) electrons. The zero-order valence-corrected chi connectivity index (χ0v) is 8.05. The van der Waals surface area contributed by atoms with Crippen LogP contribution < -0.4 is 5.73 Å². The van der Waals surface area contributed by atoms with Gasteiger partial charge >= 0.3 is 0 Å². The van der Waals surface area contributed by atoms with Crippen LogP contribution >= 0.6 is 0 Å².